The number of Topliss-reactive ketones (excluding diaryl/α,β-unsaturated/α-hetero) is 1. The first-order valence-electron chi connectivity index (χ1n) is 6.14. The quantitative estimate of drug-likeness (QED) is 0.913. The zero-order chi connectivity index (χ0) is 13.1. The molecule has 1 N–H and O–H groups in total. The zero-order valence-electron chi connectivity index (χ0n) is 10.3. The van der Waals surface area contributed by atoms with E-state index >= 15 is 0 Å². The summed E-state index contributed by atoms with van der Waals surface area (Å²) in [6, 6.07) is 5.79. The van der Waals surface area contributed by atoms with Crippen molar-refractivity contribution in [3.63, 3.8) is 0 Å². The predicted molar refractivity (Wildman–Crippen MR) is 73.6 cm³/mol. The monoisotopic (exact) mass is 309 g/mol. The Hall–Kier alpha value is -1.16. The van der Waals surface area contributed by atoms with Crippen LogP contribution in [0.2, 0.25) is 0 Å². The Balaban J connectivity index is 2.01. The maximum absolute atomic E-state index is 12.1. The summed E-state index contributed by atoms with van der Waals surface area (Å²) < 4.78 is 0.909. The standard InChI is InChI=1S/C14H16BrNO2/c1-9-6-10(8-11(15)7-9)14(18)16-12-2-4-13(17)5-3-12/h6-8,12H,2-5H2,1H3,(H,16,18). The summed E-state index contributed by atoms with van der Waals surface area (Å²) in [7, 11) is 0. The molecule has 0 heterocycles. The molecule has 0 radical (unpaired) electrons. The van der Waals surface area contributed by atoms with E-state index in [1.165, 1.54) is 0 Å². The van der Waals surface area contributed by atoms with E-state index in [1.807, 2.05) is 25.1 Å². The van der Waals surface area contributed by atoms with Crippen LogP contribution in [-0.2, 0) is 4.79 Å². The summed E-state index contributed by atoms with van der Waals surface area (Å²) in [5.74, 6) is 0.248. The Morgan fingerprint density at radius 2 is 1.94 bits per heavy atom. The van der Waals surface area contributed by atoms with E-state index in [9.17, 15) is 9.59 Å². The molecule has 0 spiro atoms. The molecule has 3 nitrogen and oxygen atoms in total. The Bertz CT molecular complexity index is 454. The fraction of sp³-hybridized carbons (Fsp3) is 0.429. The number of hydrogen-bond acceptors (Lipinski definition) is 2. The maximum atomic E-state index is 12.1. The Morgan fingerprint density at radius 3 is 2.56 bits per heavy atom. The number of aryl methyl sites for hydroxylation is 1. The van der Waals surface area contributed by atoms with Gasteiger partial charge >= 0.3 is 0 Å². The van der Waals surface area contributed by atoms with Crippen molar-refractivity contribution in [3.8, 4) is 0 Å². The summed E-state index contributed by atoms with van der Waals surface area (Å²) in [4.78, 5) is 23.2. The van der Waals surface area contributed by atoms with Crippen LogP contribution in [0.4, 0.5) is 0 Å². The van der Waals surface area contributed by atoms with Gasteiger partial charge in [0.1, 0.15) is 5.78 Å². The average molecular weight is 310 g/mol. The van der Waals surface area contributed by atoms with Crippen LogP contribution in [0.5, 0.6) is 0 Å². The molecule has 96 valence electrons. The van der Waals surface area contributed by atoms with Gasteiger partial charge in [0.05, 0.1) is 0 Å². The van der Waals surface area contributed by atoms with E-state index in [2.05, 4.69) is 21.2 Å². The molecule has 1 aromatic rings. The number of amides is 1. The fourth-order valence-corrected chi connectivity index (χ4v) is 2.83. The van der Waals surface area contributed by atoms with Gasteiger partial charge in [-0.25, -0.2) is 0 Å². The highest BCUT2D eigenvalue weighted by Gasteiger charge is 2.20. The van der Waals surface area contributed by atoms with Crippen molar-refractivity contribution in [1.82, 2.24) is 5.32 Å². The summed E-state index contributed by atoms with van der Waals surface area (Å²) in [5.41, 5.74) is 1.71. The number of rotatable bonds is 2. The zero-order valence-corrected chi connectivity index (χ0v) is 11.9. The molecule has 1 fully saturated rings. The van der Waals surface area contributed by atoms with Crippen molar-refractivity contribution in [1.29, 1.82) is 0 Å². The Kier molecular flexibility index (Phi) is 4.17. The highest BCUT2D eigenvalue weighted by Crippen LogP contribution is 2.18. The second-order valence-corrected chi connectivity index (χ2v) is 5.72. The van der Waals surface area contributed by atoms with Crippen LogP contribution in [0.1, 0.15) is 41.6 Å². The topological polar surface area (TPSA) is 46.2 Å². The molecule has 18 heavy (non-hydrogen) atoms. The largest absolute Gasteiger partial charge is 0.349 e. The first-order chi connectivity index (χ1) is 8.54. The third-order valence-corrected chi connectivity index (χ3v) is 3.64. The van der Waals surface area contributed by atoms with Crippen LogP contribution in [0.25, 0.3) is 0 Å². The SMILES string of the molecule is Cc1cc(Br)cc(C(=O)NC2CCC(=O)CC2)c1. The maximum Gasteiger partial charge on any atom is 0.251 e. The lowest BCUT2D eigenvalue weighted by molar-refractivity contribution is -0.120. The van der Waals surface area contributed by atoms with Crippen LogP contribution >= 0.6 is 15.9 Å². The van der Waals surface area contributed by atoms with Gasteiger partial charge in [-0.1, -0.05) is 15.9 Å². The van der Waals surface area contributed by atoms with Crippen molar-refractivity contribution in [2.45, 2.75) is 38.6 Å². The van der Waals surface area contributed by atoms with Gasteiger partial charge in [0.15, 0.2) is 0 Å². The van der Waals surface area contributed by atoms with Gasteiger partial charge in [-0.05, 0) is 43.5 Å². The molecule has 0 saturated heterocycles. The summed E-state index contributed by atoms with van der Waals surface area (Å²) in [6.45, 7) is 1.96. The van der Waals surface area contributed by atoms with E-state index in [0.717, 1.165) is 22.9 Å². The van der Waals surface area contributed by atoms with E-state index in [1.54, 1.807) is 0 Å². The minimum absolute atomic E-state index is 0.0567. The summed E-state index contributed by atoms with van der Waals surface area (Å²) >= 11 is 3.39. The lowest BCUT2D eigenvalue weighted by atomic mass is 9.94. The minimum atomic E-state index is -0.0567. The molecule has 1 aromatic carbocycles. The number of halogens is 1. The lowest BCUT2D eigenvalue weighted by Crippen LogP contribution is -2.37. The molecule has 0 aromatic heterocycles. The van der Waals surface area contributed by atoms with Crippen LogP contribution in [0.3, 0.4) is 0 Å². The summed E-state index contributed by atoms with van der Waals surface area (Å²) in [6.07, 6.45) is 2.69. The van der Waals surface area contributed by atoms with Gasteiger partial charge in [0, 0.05) is 28.9 Å². The molecular formula is C14H16BrNO2. The molecule has 4 heteroatoms. The number of carbonyl (C=O) groups excluding carboxylic acids is 2. The van der Waals surface area contributed by atoms with Crippen molar-refractivity contribution in [3.05, 3.63) is 33.8 Å². The van der Waals surface area contributed by atoms with E-state index in [-0.39, 0.29) is 11.9 Å². The van der Waals surface area contributed by atoms with Crippen molar-refractivity contribution < 1.29 is 9.59 Å². The average Bonchev–Trinajstić information content (AvgIpc) is 2.31. The Labute approximate surface area is 115 Å². The highest BCUT2D eigenvalue weighted by molar-refractivity contribution is 9.10. The second kappa shape index (κ2) is 5.65. The molecule has 0 unspecified atom stereocenters. The van der Waals surface area contributed by atoms with Crippen LogP contribution in [0.15, 0.2) is 22.7 Å². The number of carbonyl (C=O) groups is 2. The molecule has 2 rings (SSSR count). The van der Waals surface area contributed by atoms with Crippen molar-refractivity contribution >= 4 is 27.6 Å². The molecule has 0 aliphatic heterocycles. The van der Waals surface area contributed by atoms with E-state index in [4.69, 9.17) is 0 Å². The Morgan fingerprint density at radius 1 is 1.28 bits per heavy atom. The lowest BCUT2D eigenvalue weighted by Gasteiger charge is -2.22. The smallest absolute Gasteiger partial charge is 0.251 e. The van der Waals surface area contributed by atoms with Gasteiger partial charge in [-0.2, -0.15) is 0 Å². The van der Waals surface area contributed by atoms with Crippen LogP contribution in [0, 0.1) is 6.92 Å². The number of hydrogen-bond donors (Lipinski definition) is 1. The number of nitrogens with one attached hydrogen (secondary N) is 1. The molecular weight excluding hydrogens is 294 g/mol. The molecule has 1 saturated carbocycles. The number of benzene rings is 1. The van der Waals surface area contributed by atoms with Gasteiger partial charge in [0.2, 0.25) is 0 Å². The van der Waals surface area contributed by atoms with E-state index < -0.39 is 0 Å². The van der Waals surface area contributed by atoms with Crippen molar-refractivity contribution in [2.24, 2.45) is 0 Å². The molecule has 1 aliphatic rings. The first-order valence-corrected chi connectivity index (χ1v) is 6.93. The molecule has 0 bridgehead atoms. The number of ketones is 1. The second-order valence-electron chi connectivity index (χ2n) is 4.80. The van der Waals surface area contributed by atoms with Gasteiger partial charge < -0.3 is 5.32 Å². The van der Waals surface area contributed by atoms with Gasteiger partial charge in [-0.15, -0.1) is 0 Å². The highest BCUT2D eigenvalue weighted by atomic mass is 79.9. The normalized spacial score (nSPS) is 16.7. The first kappa shape index (κ1) is 13.3. The van der Waals surface area contributed by atoms with Gasteiger partial charge in [-0.3, -0.25) is 9.59 Å². The van der Waals surface area contributed by atoms with Crippen LogP contribution < -0.4 is 5.32 Å². The fourth-order valence-electron chi connectivity index (χ4n) is 2.22. The minimum Gasteiger partial charge on any atom is -0.349 e. The third kappa shape index (κ3) is 3.42. The van der Waals surface area contributed by atoms with Gasteiger partial charge in [0.25, 0.3) is 5.91 Å². The van der Waals surface area contributed by atoms with E-state index in [0.29, 0.717) is 24.2 Å². The molecule has 1 amide bonds. The summed E-state index contributed by atoms with van der Waals surface area (Å²) in [5, 5.41) is 3.00. The molecule has 1 aliphatic carbocycles. The predicted octanol–water partition coefficient (Wildman–Crippen LogP) is 3.00. The van der Waals surface area contributed by atoms with Crippen LogP contribution in [-0.4, -0.2) is 17.7 Å². The third-order valence-electron chi connectivity index (χ3n) is 3.18. The van der Waals surface area contributed by atoms with Crippen molar-refractivity contribution in [2.75, 3.05) is 0 Å². The molecule has 0 atom stereocenters.